The zero-order valence-electron chi connectivity index (χ0n) is 14.1. The molecule has 0 saturated carbocycles. The molecule has 7 nitrogen and oxygen atoms in total. The number of carboxylic acid groups (broad SMARTS) is 1. The average Bonchev–Trinajstić information content (AvgIpc) is 2.98. The SMILES string of the molecule is CC(C)CC(=O)Nc1ccc(Cl)c(C(=O)NC2(C(=O)O)CCOC2)c1. The summed E-state index contributed by atoms with van der Waals surface area (Å²) in [5.74, 6) is -1.75. The third kappa shape index (κ3) is 4.70. The van der Waals surface area contributed by atoms with Gasteiger partial charge in [0.1, 0.15) is 0 Å². The van der Waals surface area contributed by atoms with Gasteiger partial charge in [0.15, 0.2) is 5.54 Å². The number of hydrogen-bond acceptors (Lipinski definition) is 4. The zero-order valence-corrected chi connectivity index (χ0v) is 14.9. The largest absolute Gasteiger partial charge is 0.479 e. The maximum absolute atomic E-state index is 12.5. The van der Waals surface area contributed by atoms with Crippen molar-refractivity contribution in [3.05, 3.63) is 28.8 Å². The van der Waals surface area contributed by atoms with E-state index in [2.05, 4.69) is 10.6 Å². The lowest BCUT2D eigenvalue weighted by Gasteiger charge is -2.24. The van der Waals surface area contributed by atoms with E-state index in [0.717, 1.165) is 0 Å². The molecule has 1 aromatic rings. The van der Waals surface area contributed by atoms with Gasteiger partial charge in [-0.15, -0.1) is 0 Å². The summed E-state index contributed by atoms with van der Waals surface area (Å²) in [5.41, 5.74) is -0.944. The van der Waals surface area contributed by atoms with Crippen molar-refractivity contribution in [3.8, 4) is 0 Å². The second kappa shape index (κ2) is 7.84. The standard InChI is InChI=1S/C17H21ClN2O5/c1-10(2)7-14(21)19-11-3-4-13(18)12(8-11)15(22)20-17(16(23)24)5-6-25-9-17/h3-4,8,10H,5-7,9H2,1-2H3,(H,19,21)(H,20,22)(H,23,24). The first-order valence-electron chi connectivity index (χ1n) is 7.96. The molecule has 1 atom stereocenters. The third-order valence-corrected chi connectivity index (χ3v) is 4.20. The van der Waals surface area contributed by atoms with E-state index in [9.17, 15) is 19.5 Å². The van der Waals surface area contributed by atoms with E-state index < -0.39 is 17.4 Å². The number of anilines is 1. The van der Waals surface area contributed by atoms with Crippen molar-refractivity contribution in [1.82, 2.24) is 5.32 Å². The van der Waals surface area contributed by atoms with Crippen molar-refractivity contribution in [1.29, 1.82) is 0 Å². The molecular weight excluding hydrogens is 348 g/mol. The summed E-state index contributed by atoms with van der Waals surface area (Å²) in [5, 5.41) is 14.8. The Labute approximate surface area is 150 Å². The molecule has 0 spiro atoms. The predicted octanol–water partition coefficient (Wildman–Crippen LogP) is 2.30. The van der Waals surface area contributed by atoms with Gasteiger partial charge in [-0.25, -0.2) is 4.79 Å². The van der Waals surface area contributed by atoms with Crippen LogP contribution in [0.3, 0.4) is 0 Å². The van der Waals surface area contributed by atoms with Gasteiger partial charge in [-0.05, 0) is 24.1 Å². The van der Waals surface area contributed by atoms with Crippen LogP contribution in [0.1, 0.15) is 37.0 Å². The van der Waals surface area contributed by atoms with Crippen LogP contribution in [-0.4, -0.2) is 41.6 Å². The molecule has 25 heavy (non-hydrogen) atoms. The lowest BCUT2D eigenvalue weighted by molar-refractivity contribution is -0.144. The minimum Gasteiger partial charge on any atom is -0.479 e. The Morgan fingerprint density at radius 3 is 2.64 bits per heavy atom. The minimum absolute atomic E-state index is 0.0940. The van der Waals surface area contributed by atoms with Crippen molar-refractivity contribution in [3.63, 3.8) is 0 Å². The van der Waals surface area contributed by atoms with Gasteiger partial charge in [-0.2, -0.15) is 0 Å². The van der Waals surface area contributed by atoms with E-state index >= 15 is 0 Å². The maximum Gasteiger partial charge on any atom is 0.331 e. The number of aliphatic carboxylic acids is 1. The molecule has 8 heteroatoms. The van der Waals surface area contributed by atoms with E-state index in [0.29, 0.717) is 12.1 Å². The molecule has 2 rings (SSSR count). The smallest absolute Gasteiger partial charge is 0.331 e. The van der Waals surface area contributed by atoms with Gasteiger partial charge in [-0.3, -0.25) is 9.59 Å². The maximum atomic E-state index is 12.5. The first kappa shape index (κ1) is 19.2. The summed E-state index contributed by atoms with van der Waals surface area (Å²) in [6, 6.07) is 4.50. The summed E-state index contributed by atoms with van der Waals surface area (Å²) in [6.45, 7) is 4.01. The molecule has 1 unspecified atom stereocenters. The number of benzene rings is 1. The molecule has 2 amide bonds. The average molecular weight is 369 g/mol. The van der Waals surface area contributed by atoms with Crippen LogP contribution >= 0.6 is 11.6 Å². The Morgan fingerprint density at radius 2 is 2.08 bits per heavy atom. The summed E-state index contributed by atoms with van der Waals surface area (Å²) >= 11 is 6.07. The third-order valence-electron chi connectivity index (χ3n) is 3.87. The number of nitrogens with one attached hydrogen (secondary N) is 2. The molecule has 1 heterocycles. The van der Waals surface area contributed by atoms with Crippen LogP contribution < -0.4 is 10.6 Å². The summed E-state index contributed by atoms with van der Waals surface area (Å²) in [6.07, 6.45) is 0.528. The van der Waals surface area contributed by atoms with Gasteiger partial charge >= 0.3 is 5.97 Å². The monoisotopic (exact) mass is 368 g/mol. The first-order valence-corrected chi connectivity index (χ1v) is 8.34. The molecule has 3 N–H and O–H groups in total. The van der Waals surface area contributed by atoms with Crippen LogP contribution in [0.5, 0.6) is 0 Å². The molecule has 136 valence electrons. The summed E-state index contributed by atoms with van der Waals surface area (Å²) in [7, 11) is 0. The van der Waals surface area contributed by atoms with Crippen LogP contribution in [0.15, 0.2) is 18.2 Å². The highest BCUT2D eigenvalue weighted by atomic mass is 35.5. The zero-order chi connectivity index (χ0) is 18.6. The Morgan fingerprint density at radius 1 is 1.36 bits per heavy atom. The summed E-state index contributed by atoms with van der Waals surface area (Å²) in [4.78, 5) is 35.9. The number of carbonyl (C=O) groups is 3. The molecule has 0 radical (unpaired) electrons. The molecule has 1 aliphatic heterocycles. The molecule has 1 aliphatic rings. The van der Waals surface area contributed by atoms with Crippen molar-refractivity contribution in [2.75, 3.05) is 18.5 Å². The second-order valence-corrected chi connectivity index (χ2v) is 6.89. The number of ether oxygens (including phenoxy) is 1. The predicted molar refractivity (Wildman–Crippen MR) is 92.8 cm³/mol. The highest BCUT2D eigenvalue weighted by Crippen LogP contribution is 2.24. The van der Waals surface area contributed by atoms with E-state index in [1.54, 1.807) is 6.07 Å². The Bertz CT molecular complexity index is 684. The van der Waals surface area contributed by atoms with E-state index in [1.165, 1.54) is 12.1 Å². The molecule has 1 fully saturated rings. The molecular formula is C17H21ClN2O5. The van der Waals surface area contributed by atoms with Gasteiger partial charge in [0.2, 0.25) is 5.91 Å². The van der Waals surface area contributed by atoms with E-state index in [4.69, 9.17) is 16.3 Å². The number of rotatable bonds is 6. The van der Waals surface area contributed by atoms with Gasteiger partial charge < -0.3 is 20.5 Å². The van der Waals surface area contributed by atoms with Crippen molar-refractivity contribution >= 4 is 35.1 Å². The molecule has 1 aromatic carbocycles. The number of amides is 2. The second-order valence-electron chi connectivity index (χ2n) is 6.48. The topological polar surface area (TPSA) is 105 Å². The quantitative estimate of drug-likeness (QED) is 0.714. The van der Waals surface area contributed by atoms with Crippen LogP contribution in [0.25, 0.3) is 0 Å². The number of carbonyl (C=O) groups excluding carboxylic acids is 2. The summed E-state index contributed by atoms with van der Waals surface area (Å²) < 4.78 is 5.12. The van der Waals surface area contributed by atoms with Crippen LogP contribution in [0.4, 0.5) is 5.69 Å². The van der Waals surface area contributed by atoms with Gasteiger partial charge in [0, 0.05) is 25.1 Å². The molecule has 1 saturated heterocycles. The lowest BCUT2D eigenvalue weighted by atomic mass is 9.98. The first-order chi connectivity index (χ1) is 11.7. The molecule has 0 aromatic heterocycles. The fraction of sp³-hybridized carbons (Fsp3) is 0.471. The Hall–Kier alpha value is -2.12. The van der Waals surface area contributed by atoms with Gasteiger partial charge in [0.25, 0.3) is 5.91 Å². The van der Waals surface area contributed by atoms with Crippen molar-refractivity contribution in [2.24, 2.45) is 5.92 Å². The molecule has 0 aliphatic carbocycles. The number of carboxylic acids is 1. The fourth-order valence-electron chi connectivity index (χ4n) is 2.53. The minimum atomic E-state index is -1.46. The fourth-order valence-corrected chi connectivity index (χ4v) is 2.73. The van der Waals surface area contributed by atoms with Gasteiger partial charge in [0.05, 0.1) is 17.2 Å². The Balaban J connectivity index is 2.17. The highest BCUT2D eigenvalue weighted by molar-refractivity contribution is 6.34. The lowest BCUT2D eigenvalue weighted by Crippen LogP contribution is -2.55. The molecule has 0 bridgehead atoms. The normalized spacial score (nSPS) is 19.7. The Kier molecular flexibility index (Phi) is 6.02. The number of hydrogen-bond donors (Lipinski definition) is 3. The highest BCUT2D eigenvalue weighted by Gasteiger charge is 2.44. The van der Waals surface area contributed by atoms with Crippen LogP contribution in [0, 0.1) is 5.92 Å². The van der Waals surface area contributed by atoms with Crippen LogP contribution in [0.2, 0.25) is 5.02 Å². The van der Waals surface area contributed by atoms with E-state index in [1.807, 2.05) is 13.8 Å². The van der Waals surface area contributed by atoms with E-state index in [-0.39, 0.29) is 42.0 Å². The van der Waals surface area contributed by atoms with Crippen LogP contribution in [-0.2, 0) is 14.3 Å². The van der Waals surface area contributed by atoms with Crippen molar-refractivity contribution < 1.29 is 24.2 Å². The van der Waals surface area contributed by atoms with Gasteiger partial charge in [-0.1, -0.05) is 25.4 Å². The van der Waals surface area contributed by atoms with Crippen molar-refractivity contribution in [2.45, 2.75) is 32.2 Å². The number of halogens is 1.